The Bertz CT molecular complexity index is 422. The second kappa shape index (κ2) is 4.76. The first kappa shape index (κ1) is 11.3. The summed E-state index contributed by atoms with van der Waals surface area (Å²) >= 11 is 5.89. The van der Waals surface area contributed by atoms with Gasteiger partial charge in [0.05, 0.1) is 10.6 Å². The first-order valence-corrected chi connectivity index (χ1v) is 6.03. The van der Waals surface area contributed by atoms with Crippen LogP contribution in [0.15, 0.2) is 18.2 Å². The molecule has 0 aliphatic heterocycles. The van der Waals surface area contributed by atoms with Crippen LogP contribution < -0.4 is 5.32 Å². The largest absolute Gasteiger partial charge is 0.382 e. The van der Waals surface area contributed by atoms with Gasteiger partial charge < -0.3 is 5.32 Å². The lowest BCUT2D eigenvalue weighted by atomic mass is 10.1. The van der Waals surface area contributed by atoms with Crippen molar-refractivity contribution in [2.24, 2.45) is 5.92 Å². The zero-order valence-corrected chi connectivity index (χ0v) is 10.1. The van der Waals surface area contributed by atoms with Crippen LogP contribution in [-0.2, 0) is 0 Å². The first-order valence-electron chi connectivity index (χ1n) is 5.65. The van der Waals surface area contributed by atoms with E-state index >= 15 is 0 Å². The predicted molar refractivity (Wildman–Crippen MR) is 66.6 cm³/mol. The highest BCUT2D eigenvalue weighted by Gasteiger charge is 2.20. The van der Waals surface area contributed by atoms with Crippen LogP contribution in [0.3, 0.4) is 0 Å². The van der Waals surface area contributed by atoms with E-state index in [1.807, 2.05) is 12.1 Å². The van der Waals surface area contributed by atoms with Gasteiger partial charge in [-0.2, -0.15) is 5.26 Å². The van der Waals surface area contributed by atoms with Crippen LogP contribution in [-0.4, -0.2) is 6.04 Å². The summed E-state index contributed by atoms with van der Waals surface area (Å²) in [5.74, 6) is 0.806. The molecule has 0 radical (unpaired) electrons. The zero-order chi connectivity index (χ0) is 11.5. The maximum absolute atomic E-state index is 8.88. The smallest absolute Gasteiger partial charge is 0.101 e. The molecule has 16 heavy (non-hydrogen) atoms. The van der Waals surface area contributed by atoms with Gasteiger partial charge in [-0.3, -0.25) is 0 Å². The number of benzene rings is 1. The molecule has 0 heterocycles. The highest BCUT2D eigenvalue weighted by Crippen LogP contribution is 2.28. The fraction of sp³-hybridized carbons (Fsp3) is 0.462. The summed E-state index contributed by atoms with van der Waals surface area (Å²) in [6.07, 6.45) is 3.71. The quantitative estimate of drug-likeness (QED) is 0.845. The Balaban J connectivity index is 2.08. The summed E-state index contributed by atoms with van der Waals surface area (Å²) in [4.78, 5) is 0. The molecule has 1 aromatic rings. The fourth-order valence-corrected chi connectivity index (χ4v) is 2.43. The Morgan fingerprint density at radius 1 is 1.44 bits per heavy atom. The maximum Gasteiger partial charge on any atom is 0.101 e. The van der Waals surface area contributed by atoms with E-state index in [9.17, 15) is 0 Å². The number of nitrogens with zero attached hydrogens (tertiary/aromatic N) is 1. The van der Waals surface area contributed by atoms with Gasteiger partial charge in [-0.25, -0.2) is 0 Å². The molecule has 1 aliphatic carbocycles. The van der Waals surface area contributed by atoms with E-state index in [0.717, 1.165) is 11.6 Å². The summed E-state index contributed by atoms with van der Waals surface area (Å²) in [6, 6.07) is 8.18. The van der Waals surface area contributed by atoms with E-state index in [0.29, 0.717) is 16.6 Å². The van der Waals surface area contributed by atoms with Gasteiger partial charge in [0, 0.05) is 11.7 Å². The summed E-state index contributed by atoms with van der Waals surface area (Å²) in [6.45, 7) is 2.28. The number of anilines is 1. The Labute approximate surface area is 101 Å². The molecular formula is C13H15ClN2. The van der Waals surface area contributed by atoms with Crippen molar-refractivity contribution in [3.63, 3.8) is 0 Å². The van der Waals surface area contributed by atoms with E-state index in [1.54, 1.807) is 6.07 Å². The number of halogens is 1. The molecule has 2 unspecified atom stereocenters. The molecule has 0 saturated heterocycles. The SMILES string of the molecule is CC1CCC(Nc2ccc(Cl)c(C#N)c2)C1. The fourth-order valence-electron chi connectivity index (χ4n) is 2.27. The van der Waals surface area contributed by atoms with Crippen LogP contribution in [0.5, 0.6) is 0 Å². The number of rotatable bonds is 2. The van der Waals surface area contributed by atoms with E-state index in [4.69, 9.17) is 16.9 Å². The van der Waals surface area contributed by atoms with E-state index in [2.05, 4.69) is 18.3 Å². The van der Waals surface area contributed by atoms with Crippen LogP contribution in [0.1, 0.15) is 31.7 Å². The molecule has 0 bridgehead atoms. The summed E-state index contributed by atoms with van der Waals surface area (Å²) in [5.41, 5.74) is 1.54. The summed E-state index contributed by atoms with van der Waals surface area (Å²) < 4.78 is 0. The van der Waals surface area contributed by atoms with Crippen molar-refractivity contribution in [3.8, 4) is 6.07 Å². The third-order valence-electron chi connectivity index (χ3n) is 3.15. The Kier molecular flexibility index (Phi) is 3.36. The van der Waals surface area contributed by atoms with Crippen LogP contribution in [0.4, 0.5) is 5.69 Å². The molecule has 1 N–H and O–H groups in total. The Morgan fingerprint density at radius 3 is 2.88 bits per heavy atom. The van der Waals surface area contributed by atoms with Crippen LogP contribution in [0, 0.1) is 17.2 Å². The average molecular weight is 235 g/mol. The first-order chi connectivity index (χ1) is 7.69. The monoisotopic (exact) mass is 234 g/mol. The molecule has 2 rings (SSSR count). The lowest BCUT2D eigenvalue weighted by Crippen LogP contribution is -2.15. The second-order valence-electron chi connectivity index (χ2n) is 4.57. The molecule has 2 nitrogen and oxygen atoms in total. The maximum atomic E-state index is 8.88. The molecule has 1 aliphatic rings. The van der Waals surface area contributed by atoms with Crippen molar-refractivity contribution in [3.05, 3.63) is 28.8 Å². The zero-order valence-electron chi connectivity index (χ0n) is 9.33. The average Bonchev–Trinajstić information content (AvgIpc) is 2.67. The number of hydrogen-bond donors (Lipinski definition) is 1. The molecule has 1 fully saturated rings. The van der Waals surface area contributed by atoms with Gasteiger partial charge in [-0.15, -0.1) is 0 Å². The molecule has 1 aromatic carbocycles. The molecule has 2 atom stereocenters. The van der Waals surface area contributed by atoms with Gasteiger partial charge in [0.1, 0.15) is 6.07 Å². The van der Waals surface area contributed by atoms with E-state index in [1.165, 1.54) is 19.3 Å². The minimum atomic E-state index is 0.521. The molecule has 0 aromatic heterocycles. The number of nitriles is 1. The van der Waals surface area contributed by atoms with Gasteiger partial charge in [-0.05, 0) is 43.4 Å². The van der Waals surface area contributed by atoms with Gasteiger partial charge in [0.25, 0.3) is 0 Å². The van der Waals surface area contributed by atoms with E-state index in [-0.39, 0.29) is 0 Å². The van der Waals surface area contributed by atoms with E-state index < -0.39 is 0 Å². The van der Waals surface area contributed by atoms with Crippen LogP contribution >= 0.6 is 11.6 Å². The predicted octanol–water partition coefficient (Wildman–Crippen LogP) is 3.81. The van der Waals surface area contributed by atoms with Crippen LogP contribution in [0.25, 0.3) is 0 Å². The molecule has 0 spiro atoms. The Hall–Kier alpha value is -1.20. The minimum Gasteiger partial charge on any atom is -0.382 e. The standard InChI is InChI=1S/C13H15ClN2/c1-9-2-3-11(6-9)16-12-4-5-13(14)10(7-12)8-15/h4-5,7,9,11,16H,2-3,6H2,1H3. The molecular weight excluding hydrogens is 220 g/mol. The number of hydrogen-bond acceptors (Lipinski definition) is 2. The highest BCUT2D eigenvalue weighted by atomic mass is 35.5. The summed E-state index contributed by atoms with van der Waals surface area (Å²) in [7, 11) is 0. The summed E-state index contributed by atoms with van der Waals surface area (Å²) in [5, 5.41) is 12.9. The highest BCUT2D eigenvalue weighted by molar-refractivity contribution is 6.31. The molecule has 1 saturated carbocycles. The third kappa shape index (κ3) is 2.48. The van der Waals surface area contributed by atoms with Crippen molar-refractivity contribution < 1.29 is 0 Å². The van der Waals surface area contributed by atoms with Crippen molar-refractivity contribution in [1.29, 1.82) is 5.26 Å². The van der Waals surface area contributed by atoms with Crippen molar-refractivity contribution in [1.82, 2.24) is 0 Å². The molecule has 3 heteroatoms. The minimum absolute atomic E-state index is 0.521. The molecule has 0 amide bonds. The van der Waals surface area contributed by atoms with Crippen LogP contribution in [0.2, 0.25) is 5.02 Å². The lowest BCUT2D eigenvalue weighted by Gasteiger charge is -2.14. The number of nitrogens with one attached hydrogen (secondary N) is 1. The van der Waals surface area contributed by atoms with Crippen molar-refractivity contribution in [2.75, 3.05) is 5.32 Å². The van der Waals surface area contributed by atoms with Crippen molar-refractivity contribution in [2.45, 2.75) is 32.2 Å². The van der Waals surface area contributed by atoms with Crippen molar-refractivity contribution >= 4 is 17.3 Å². The normalized spacial score (nSPS) is 24.1. The topological polar surface area (TPSA) is 35.8 Å². The Morgan fingerprint density at radius 2 is 2.25 bits per heavy atom. The molecule has 84 valence electrons. The lowest BCUT2D eigenvalue weighted by molar-refractivity contribution is 0.602. The second-order valence-corrected chi connectivity index (χ2v) is 4.97. The van der Waals surface area contributed by atoms with Gasteiger partial charge in [-0.1, -0.05) is 18.5 Å². The van der Waals surface area contributed by atoms with Gasteiger partial charge in [0.15, 0.2) is 0 Å². The van der Waals surface area contributed by atoms with Gasteiger partial charge in [0.2, 0.25) is 0 Å². The third-order valence-corrected chi connectivity index (χ3v) is 3.48. The van der Waals surface area contributed by atoms with Gasteiger partial charge >= 0.3 is 0 Å².